The standard InChI is InChI=1S/C16H16S2/c1-12(14-8-4-3-5-9-14)15-10-6-7-11-16(15)18-13(2)17/h3-12H,1-2H3. The van der Waals surface area contributed by atoms with Gasteiger partial charge in [-0.3, -0.25) is 0 Å². The maximum Gasteiger partial charge on any atom is 0.0496 e. The summed E-state index contributed by atoms with van der Waals surface area (Å²) in [6.07, 6.45) is 0. The third-order valence-electron chi connectivity index (χ3n) is 2.94. The Labute approximate surface area is 118 Å². The van der Waals surface area contributed by atoms with E-state index in [0.29, 0.717) is 5.92 Å². The van der Waals surface area contributed by atoms with Crippen LogP contribution >= 0.6 is 24.0 Å². The second kappa shape index (κ2) is 6.17. The fourth-order valence-corrected chi connectivity index (χ4v) is 3.10. The van der Waals surface area contributed by atoms with Crippen molar-refractivity contribution in [3.8, 4) is 0 Å². The summed E-state index contributed by atoms with van der Waals surface area (Å²) in [7, 11) is 0. The van der Waals surface area contributed by atoms with Crippen molar-refractivity contribution in [2.45, 2.75) is 24.7 Å². The molecule has 0 bridgehead atoms. The largest absolute Gasteiger partial charge is 0.0828 e. The Bertz CT molecular complexity index is 532. The van der Waals surface area contributed by atoms with E-state index in [-0.39, 0.29) is 0 Å². The molecule has 0 nitrogen and oxygen atoms in total. The van der Waals surface area contributed by atoms with Gasteiger partial charge in [-0.2, -0.15) is 0 Å². The maximum absolute atomic E-state index is 5.20. The first-order valence-electron chi connectivity index (χ1n) is 6.01. The van der Waals surface area contributed by atoms with Crippen molar-refractivity contribution in [2.24, 2.45) is 0 Å². The monoisotopic (exact) mass is 272 g/mol. The average molecular weight is 272 g/mol. The van der Waals surface area contributed by atoms with Crippen LogP contribution in [0.2, 0.25) is 0 Å². The second-order valence-corrected chi connectivity index (χ2v) is 6.39. The lowest BCUT2D eigenvalue weighted by atomic mass is 9.93. The molecule has 1 atom stereocenters. The molecule has 2 aromatic rings. The molecular weight excluding hydrogens is 256 g/mol. The van der Waals surface area contributed by atoms with Crippen molar-refractivity contribution in [2.75, 3.05) is 0 Å². The van der Waals surface area contributed by atoms with E-state index >= 15 is 0 Å². The lowest BCUT2D eigenvalue weighted by Gasteiger charge is -2.16. The fraction of sp³-hybridized carbons (Fsp3) is 0.188. The van der Waals surface area contributed by atoms with Crippen LogP contribution in [0.25, 0.3) is 0 Å². The quantitative estimate of drug-likeness (QED) is 0.551. The van der Waals surface area contributed by atoms with E-state index in [9.17, 15) is 0 Å². The van der Waals surface area contributed by atoms with Gasteiger partial charge in [0.25, 0.3) is 0 Å². The summed E-state index contributed by atoms with van der Waals surface area (Å²) in [5, 5.41) is 0. The highest BCUT2D eigenvalue weighted by Crippen LogP contribution is 2.33. The molecule has 1 unspecified atom stereocenters. The van der Waals surface area contributed by atoms with Crippen molar-refractivity contribution in [3.05, 3.63) is 65.7 Å². The Balaban J connectivity index is 2.36. The number of thiocarbonyl (C=S) groups is 1. The summed E-state index contributed by atoms with van der Waals surface area (Å²) in [6, 6.07) is 19.1. The van der Waals surface area contributed by atoms with Crippen LogP contribution in [0.4, 0.5) is 0 Å². The van der Waals surface area contributed by atoms with Gasteiger partial charge in [0.15, 0.2) is 0 Å². The second-order valence-electron chi connectivity index (χ2n) is 4.26. The van der Waals surface area contributed by atoms with Gasteiger partial charge in [0.2, 0.25) is 0 Å². The minimum absolute atomic E-state index is 0.393. The SMILES string of the molecule is CC(=S)Sc1ccccc1C(C)c1ccccc1. The smallest absolute Gasteiger partial charge is 0.0496 e. The third-order valence-corrected chi connectivity index (χ3v) is 4.07. The highest BCUT2D eigenvalue weighted by molar-refractivity contribution is 8.23. The molecule has 18 heavy (non-hydrogen) atoms. The average Bonchev–Trinajstić information content (AvgIpc) is 2.39. The number of hydrogen-bond donors (Lipinski definition) is 0. The van der Waals surface area contributed by atoms with Crippen molar-refractivity contribution in [3.63, 3.8) is 0 Å². The molecule has 0 heterocycles. The molecular formula is C16H16S2. The van der Waals surface area contributed by atoms with Crippen LogP contribution in [-0.2, 0) is 0 Å². The van der Waals surface area contributed by atoms with Crippen LogP contribution < -0.4 is 0 Å². The van der Waals surface area contributed by atoms with Crippen LogP contribution in [0, 0.1) is 0 Å². The summed E-state index contributed by atoms with van der Waals surface area (Å²) >= 11 is 6.88. The van der Waals surface area contributed by atoms with E-state index in [4.69, 9.17) is 12.2 Å². The predicted octanol–water partition coefficient (Wildman–Crippen LogP) is 5.28. The van der Waals surface area contributed by atoms with Gasteiger partial charge in [-0.15, -0.1) is 0 Å². The number of hydrogen-bond acceptors (Lipinski definition) is 2. The molecule has 0 aliphatic rings. The van der Waals surface area contributed by atoms with Crippen LogP contribution in [0.3, 0.4) is 0 Å². The van der Waals surface area contributed by atoms with Crippen molar-refractivity contribution < 1.29 is 0 Å². The first-order chi connectivity index (χ1) is 8.68. The van der Waals surface area contributed by atoms with Gasteiger partial charge < -0.3 is 0 Å². The first kappa shape index (κ1) is 13.3. The van der Waals surface area contributed by atoms with Crippen LogP contribution in [-0.4, -0.2) is 4.20 Å². The van der Waals surface area contributed by atoms with Gasteiger partial charge in [0.05, 0.1) is 0 Å². The number of benzene rings is 2. The normalized spacial score (nSPS) is 12.1. The summed E-state index contributed by atoms with van der Waals surface area (Å²) in [4.78, 5) is 1.27. The van der Waals surface area contributed by atoms with E-state index in [1.165, 1.54) is 16.0 Å². The van der Waals surface area contributed by atoms with Crippen LogP contribution in [0.15, 0.2) is 59.5 Å². The van der Waals surface area contributed by atoms with Gasteiger partial charge >= 0.3 is 0 Å². The Kier molecular flexibility index (Phi) is 4.56. The molecule has 92 valence electrons. The van der Waals surface area contributed by atoms with Crippen molar-refractivity contribution in [1.82, 2.24) is 0 Å². The van der Waals surface area contributed by atoms with E-state index in [0.717, 1.165) is 4.20 Å². The van der Waals surface area contributed by atoms with Crippen molar-refractivity contribution in [1.29, 1.82) is 0 Å². The zero-order valence-electron chi connectivity index (χ0n) is 10.6. The van der Waals surface area contributed by atoms with E-state index in [1.807, 2.05) is 6.92 Å². The topological polar surface area (TPSA) is 0 Å². The van der Waals surface area contributed by atoms with Gasteiger partial charge in [-0.25, -0.2) is 0 Å². The predicted molar refractivity (Wildman–Crippen MR) is 84.5 cm³/mol. The fourth-order valence-electron chi connectivity index (χ4n) is 2.01. The summed E-state index contributed by atoms with van der Waals surface area (Å²) in [5.41, 5.74) is 2.69. The molecule has 0 saturated carbocycles. The van der Waals surface area contributed by atoms with Gasteiger partial charge in [0, 0.05) is 15.0 Å². The van der Waals surface area contributed by atoms with Gasteiger partial charge in [-0.1, -0.05) is 79.4 Å². The molecule has 0 aromatic heterocycles. The van der Waals surface area contributed by atoms with Crippen molar-refractivity contribution >= 4 is 28.2 Å². The highest BCUT2D eigenvalue weighted by Gasteiger charge is 2.12. The molecule has 0 saturated heterocycles. The van der Waals surface area contributed by atoms with Gasteiger partial charge in [0.1, 0.15) is 0 Å². The Morgan fingerprint density at radius 1 is 1.00 bits per heavy atom. The molecule has 2 heteroatoms. The summed E-state index contributed by atoms with van der Waals surface area (Å²) < 4.78 is 0.961. The highest BCUT2D eigenvalue weighted by atomic mass is 32.2. The molecule has 0 amide bonds. The number of thioether (sulfide) groups is 1. The minimum atomic E-state index is 0.393. The van der Waals surface area contributed by atoms with E-state index in [1.54, 1.807) is 11.8 Å². The van der Waals surface area contributed by atoms with Crippen LogP contribution in [0.1, 0.15) is 30.9 Å². The molecule has 2 aromatic carbocycles. The first-order valence-corrected chi connectivity index (χ1v) is 7.23. The summed E-state index contributed by atoms with van der Waals surface area (Å²) in [5.74, 6) is 0.393. The Morgan fingerprint density at radius 2 is 1.61 bits per heavy atom. The van der Waals surface area contributed by atoms with Gasteiger partial charge in [-0.05, 0) is 24.1 Å². The molecule has 0 spiro atoms. The molecule has 0 radical (unpaired) electrons. The molecule has 0 aliphatic heterocycles. The van der Waals surface area contributed by atoms with E-state index < -0.39 is 0 Å². The Morgan fingerprint density at radius 3 is 2.28 bits per heavy atom. The minimum Gasteiger partial charge on any atom is -0.0828 e. The van der Waals surface area contributed by atoms with Crippen LogP contribution in [0.5, 0.6) is 0 Å². The lowest BCUT2D eigenvalue weighted by molar-refractivity contribution is 0.895. The molecule has 2 rings (SSSR count). The molecule has 0 aliphatic carbocycles. The zero-order valence-corrected chi connectivity index (χ0v) is 12.2. The Hall–Kier alpha value is -1.12. The maximum atomic E-state index is 5.20. The van der Waals surface area contributed by atoms with E-state index in [2.05, 4.69) is 61.5 Å². The molecule has 0 N–H and O–H groups in total. The summed E-state index contributed by atoms with van der Waals surface area (Å²) in [6.45, 7) is 4.22. The third kappa shape index (κ3) is 3.21. The lowest BCUT2D eigenvalue weighted by Crippen LogP contribution is -1.98. The molecule has 0 fully saturated rings. The number of rotatable bonds is 3. The zero-order chi connectivity index (χ0) is 13.0.